The number of piperazine rings is 1. The number of carbonyl (C=O) groups is 2. The van der Waals surface area contributed by atoms with Crippen LogP contribution in [0.5, 0.6) is 0 Å². The molecule has 6 heteroatoms. The Labute approximate surface area is 142 Å². The number of hydrogen-bond donors (Lipinski definition) is 0. The molecule has 2 fully saturated rings. The number of anilines is 1. The zero-order valence-corrected chi connectivity index (χ0v) is 14.1. The monoisotopic (exact) mass is 333 g/mol. The Bertz CT molecular complexity index is 597. The van der Waals surface area contributed by atoms with Crippen molar-refractivity contribution in [3.05, 3.63) is 30.1 Å². The summed E-state index contributed by atoms with van der Waals surface area (Å²) in [5.74, 6) is -0.0896. The molecule has 2 aliphatic rings. The van der Waals surface area contributed by atoms with Crippen molar-refractivity contribution in [2.75, 3.05) is 44.2 Å². The van der Waals surface area contributed by atoms with Crippen molar-refractivity contribution in [1.29, 1.82) is 0 Å². The van der Waals surface area contributed by atoms with Crippen LogP contribution < -0.4 is 4.90 Å². The highest BCUT2D eigenvalue weighted by molar-refractivity contribution is 5.81. The fourth-order valence-corrected chi connectivity index (χ4v) is 3.56. The van der Waals surface area contributed by atoms with Gasteiger partial charge in [-0.2, -0.15) is 0 Å². The molecule has 5 nitrogen and oxygen atoms in total. The van der Waals surface area contributed by atoms with E-state index in [1.807, 2.05) is 4.90 Å². The number of piperidine rings is 1. The fourth-order valence-electron chi connectivity index (χ4n) is 3.56. The summed E-state index contributed by atoms with van der Waals surface area (Å²) in [5, 5.41) is 0. The SMILES string of the molecule is CC(=O)N1CCC[C@@H](C(=O)N2CCN(c3ccc(F)cc3)CC2)C1. The number of halogens is 1. The van der Waals surface area contributed by atoms with Crippen molar-refractivity contribution in [3.63, 3.8) is 0 Å². The molecule has 0 aliphatic carbocycles. The molecule has 0 N–H and O–H groups in total. The summed E-state index contributed by atoms with van der Waals surface area (Å²) in [4.78, 5) is 30.1. The smallest absolute Gasteiger partial charge is 0.227 e. The van der Waals surface area contributed by atoms with Crippen LogP contribution in [0, 0.1) is 11.7 Å². The second kappa shape index (κ2) is 7.20. The minimum absolute atomic E-state index is 0.0497. The average molecular weight is 333 g/mol. The fraction of sp³-hybridized carbons (Fsp3) is 0.556. The molecule has 0 aromatic heterocycles. The van der Waals surface area contributed by atoms with E-state index in [0.29, 0.717) is 19.6 Å². The maximum absolute atomic E-state index is 13.0. The van der Waals surface area contributed by atoms with Crippen LogP contribution in [-0.4, -0.2) is 60.9 Å². The van der Waals surface area contributed by atoms with E-state index in [1.54, 1.807) is 24.0 Å². The van der Waals surface area contributed by atoms with Gasteiger partial charge in [-0.15, -0.1) is 0 Å². The van der Waals surface area contributed by atoms with E-state index in [0.717, 1.165) is 38.2 Å². The molecule has 0 unspecified atom stereocenters. The predicted octanol–water partition coefficient (Wildman–Crippen LogP) is 1.73. The third-order valence-electron chi connectivity index (χ3n) is 5.00. The number of carbonyl (C=O) groups excluding carboxylic acids is 2. The van der Waals surface area contributed by atoms with Crippen LogP contribution in [0.25, 0.3) is 0 Å². The van der Waals surface area contributed by atoms with Crippen LogP contribution in [0.3, 0.4) is 0 Å². The van der Waals surface area contributed by atoms with Crippen molar-refractivity contribution < 1.29 is 14.0 Å². The first-order valence-corrected chi connectivity index (χ1v) is 8.59. The zero-order chi connectivity index (χ0) is 17.1. The van der Waals surface area contributed by atoms with Crippen LogP contribution >= 0.6 is 0 Å². The molecule has 0 saturated carbocycles. The lowest BCUT2D eigenvalue weighted by Gasteiger charge is -2.39. The Morgan fingerprint density at radius 1 is 1.00 bits per heavy atom. The number of rotatable bonds is 2. The first-order valence-electron chi connectivity index (χ1n) is 8.59. The van der Waals surface area contributed by atoms with Gasteiger partial charge >= 0.3 is 0 Å². The van der Waals surface area contributed by atoms with Gasteiger partial charge in [0.05, 0.1) is 5.92 Å². The van der Waals surface area contributed by atoms with Gasteiger partial charge in [0.15, 0.2) is 0 Å². The second-order valence-electron chi connectivity index (χ2n) is 6.59. The zero-order valence-electron chi connectivity index (χ0n) is 14.1. The molecule has 2 saturated heterocycles. The number of amides is 2. The lowest BCUT2D eigenvalue weighted by molar-refractivity contribution is -0.140. The molecular formula is C18H24FN3O2. The number of benzene rings is 1. The minimum Gasteiger partial charge on any atom is -0.368 e. The molecule has 0 spiro atoms. The van der Waals surface area contributed by atoms with E-state index in [4.69, 9.17) is 0 Å². The second-order valence-corrected chi connectivity index (χ2v) is 6.59. The molecule has 1 aromatic rings. The van der Waals surface area contributed by atoms with Gasteiger partial charge in [0.2, 0.25) is 11.8 Å². The van der Waals surface area contributed by atoms with Crippen molar-refractivity contribution in [2.24, 2.45) is 5.92 Å². The summed E-state index contributed by atoms with van der Waals surface area (Å²) in [5.41, 5.74) is 0.990. The van der Waals surface area contributed by atoms with Gasteiger partial charge in [-0.05, 0) is 37.1 Å². The minimum atomic E-state index is -0.236. The van der Waals surface area contributed by atoms with Crippen LogP contribution in [0.15, 0.2) is 24.3 Å². The molecule has 130 valence electrons. The van der Waals surface area contributed by atoms with Gasteiger partial charge < -0.3 is 14.7 Å². The third-order valence-corrected chi connectivity index (χ3v) is 5.00. The molecule has 2 amide bonds. The Morgan fingerprint density at radius 3 is 2.29 bits per heavy atom. The topological polar surface area (TPSA) is 43.9 Å². The van der Waals surface area contributed by atoms with E-state index in [2.05, 4.69) is 4.90 Å². The van der Waals surface area contributed by atoms with Crippen LogP contribution in [0.1, 0.15) is 19.8 Å². The molecule has 24 heavy (non-hydrogen) atoms. The standard InChI is InChI=1S/C18H24FN3O2/c1-14(23)22-8-2-3-15(13-22)18(24)21-11-9-20(10-12-21)17-6-4-16(19)5-7-17/h4-7,15H,2-3,8-13H2,1H3/t15-/m1/s1. The van der Waals surface area contributed by atoms with E-state index >= 15 is 0 Å². The average Bonchev–Trinajstić information content (AvgIpc) is 2.62. The summed E-state index contributed by atoms with van der Waals surface area (Å²) in [7, 11) is 0. The maximum atomic E-state index is 13.0. The van der Waals surface area contributed by atoms with Gasteiger partial charge in [0.1, 0.15) is 5.82 Å². The van der Waals surface area contributed by atoms with Gasteiger partial charge in [0.25, 0.3) is 0 Å². The lowest BCUT2D eigenvalue weighted by Crippen LogP contribution is -2.53. The summed E-state index contributed by atoms with van der Waals surface area (Å²) >= 11 is 0. The summed E-state index contributed by atoms with van der Waals surface area (Å²) in [6, 6.07) is 6.48. The van der Waals surface area contributed by atoms with Gasteiger partial charge in [-0.25, -0.2) is 4.39 Å². The molecular weight excluding hydrogens is 309 g/mol. The van der Waals surface area contributed by atoms with Crippen LogP contribution in [0.4, 0.5) is 10.1 Å². The molecule has 2 aliphatic heterocycles. The van der Waals surface area contributed by atoms with E-state index in [-0.39, 0.29) is 23.5 Å². The normalized spacial score (nSPS) is 21.8. The van der Waals surface area contributed by atoms with Crippen molar-refractivity contribution in [1.82, 2.24) is 9.80 Å². The molecule has 0 radical (unpaired) electrons. The Hall–Kier alpha value is -2.11. The highest BCUT2D eigenvalue weighted by atomic mass is 19.1. The maximum Gasteiger partial charge on any atom is 0.227 e. The largest absolute Gasteiger partial charge is 0.368 e. The molecule has 0 bridgehead atoms. The van der Waals surface area contributed by atoms with Crippen molar-refractivity contribution in [3.8, 4) is 0 Å². The van der Waals surface area contributed by atoms with Gasteiger partial charge in [-0.1, -0.05) is 0 Å². The summed E-state index contributed by atoms with van der Waals surface area (Å²) in [6.45, 7) is 5.72. The number of hydrogen-bond acceptors (Lipinski definition) is 3. The molecule has 1 aromatic carbocycles. The molecule has 3 rings (SSSR count). The van der Waals surface area contributed by atoms with Gasteiger partial charge in [-0.3, -0.25) is 9.59 Å². The van der Waals surface area contributed by atoms with Crippen molar-refractivity contribution >= 4 is 17.5 Å². The van der Waals surface area contributed by atoms with Gasteiger partial charge in [0, 0.05) is 51.9 Å². The summed E-state index contributed by atoms with van der Waals surface area (Å²) < 4.78 is 13.0. The van der Waals surface area contributed by atoms with E-state index in [1.165, 1.54) is 12.1 Å². The quantitative estimate of drug-likeness (QED) is 0.828. The lowest BCUT2D eigenvalue weighted by atomic mass is 9.96. The van der Waals surface area contributed by atoms with Crippen LogP contribution in [-0.2, 0) is 9.59 Å². The molecule has 1 atom stereocenters. The van der Waals surface area contributed by atoms with Crippen molar-refractivity contribution in [2.45, 2.75) is 19.8 Å². The summed E-state index contributed by atoms with van der Waals surface area (Å²) in [6.07, 6.45) is 1.76. The third kappa shape index (κ3) is 3.68. The Balaban J connectivity index is 1.55. The number of likely N-dealkylation sites (tertiary alicyclic amines) is 1. The highest BCUT2D eigenvalue weighted by Gasteiger charge is 2.31. The first-order chi connectivity index (χ1) is 11.5. The first kappa shape index (κ1) is 16.7. The van der Waals surface area contributed by atoms with Crippen LogP contribution in [0.2, 0.25) is 0 Å². The predicted molar refractivity (Wildman–Crippen MR) is 90.2 cm³/mol. The molecule has 2 heterocycles. The van der Waals surface area contributed by atoms with E-state index < -0.39 is 0 Å². The van der Waals surface area contributed by atoms with E-state index in [9.17, 15) is 14.0 Å². The Morgan fingerprint density at radius 2 is 1.67 bits per heavy atom. The number of nitrogens with zero attached hydrogens (tertiary/aromatic N) is 3. The Kier molecular flexibility index (Phi) is 5.02. The highest BCUT2D eigenvalue weighted by Crippen LogP contribution is 2.21.